The number of Topliss-reactive ketones (excluding diaryl/α,β-unsaturated/α-hetero) is 1. The maximum Gasteiger partial charge on any atom is 0.331 e. The van der Waals surface area contributed by atoms with Crippen molar-refractivity contribution in [3.63, 3.8) is 0 Å². The first-order valence-electron chi connectivity index (χ1n) is 11.7. The molecule has 0 spiro atoms. The molecule has 2 saturated heterocycles. The van der Waals surface area contributed by atoms with Gasteiger partial charge in [-0.1, -0.05) is 6.07 Å². The van der Waals surface area contributed by atoms with E-state index in [0.29, 0.717) is 44.5 Å². The second-order valence-electron chi connectivity index (χ2n) is 10.3. The molecular weight excluding hydrogens is 477 g/mol. The van der Waals surface area contributed by atoms with Gasteiger partial charge in [-0.3, -0.25) is 24.6 Å². The average molecular weight is 508 g/mol. The van der Waals surface area contributed by atoms with E-state index in [1.54, 1.807) is 26.8 Å². The molecule has 3 aliphatic rings. The van der Waals surface area contributed by atoms with Crippen molar-refractivity contribution >= 4 is 35.0 Å². The van der Waals surface area contributed by atoms with E-state index in [1.165, 1.54) is 12.1 Å². The van der Waals surface area contributed by atoms with Gasteiger partial charge in [0.1, 0.15) is 10.6 Å². The van der Waals surface area contributed by atoms with Gasteiger partial charge in [0.15, 0.2) is 11.7 Å². The molecule has 2 fully saturated rings. The van der Waals surface area contributed by atoms with Crippen LogP contribution in [0.25, 0.3) is 0 Å². The first-order valence-corrected chi connectivity index (χ1v) is 12.8. The SMILES string of the molecule is CC(C)(C)[S+]([O-])N[C@@]1(CC(=O)[C@H]2C(=O)NC(=O)N(C3CCOCC3)C2=O)CCc2ccc(F)cc21. The molecule has 0 saturated carbocycles. The van der Waals surface area contributed by atoms with Gasteiger partial charge in [0, 0.05) is 37.0 Å². The lowest BCUT2D eigenvalue weighted by Crippen LogP contribution is -2.63. The zero-order valence-corrected chi connectivity index (χ0v) is 20.8. The highest BCUT2D eigenvalue weighted by molar-refractivity contribution is 7.90. The predicted octanol–water partition coefficient (Wildman–Crippen LogP) is 1.85. The van der Waals surface area contributed by atoms with Crippen LogP contribution in [0.5, 0.6) is 0 Å². The van der Waals surface area contributed by atoms with E-state index in [4.69, 9.17) is 4.74 Å². The number of amides is 4. The van der Waals surface area contributed by atoms with E-state index in [-0.39, 0.29) is 6.42 Å². The molecule has 35 heavy (non-hydrogen) atoms. The van der Waals surface area contributed by atoms with E-state index < -0.39 is 63.1 Å². The van der Waals surface area contributed by atoms with Crippen LogP contribution in [-0.2, 0) is 42.4 Å². The number of carbonyl (C=O) groups excluding carboxylic acids is 4. The summed E-state index contributed by atoms with van der Waals surface area (Å²) >= 11 is -1.62. The maximum absolute atomic E-state index is 14.2. The van der Waals surface area contributed by atoms with Crippen molar-refractivity contribution in [1.29, 1.82) is 0 Å². The van der Waals surface area contributed by atoms with Gasteiger partial charge in [-0.15, -0.1) is 4.72 Å². The Morgan fingerprint density at radius 3 is 2.63 bits per heavy atom. The summed E-state index contributed by atoms with van der Waals surface area (Å²) in [4.78, 5) is 53.0. The highest BCUT2D eigenvalue weighted by Crippen LogP contribution is 2.42. The monoisotopic (exact) mass is 507 g/mol. The summed E-state index contributed by atoms with van der Waals surface area (Å²) in [6.07, 6.45) is 1.32. The third-order valence-corrected chi connectivity index (χ3v) is 8.49. The van der Waals surface area contributed by atoms with Crippen molar-refractivity contribution in [2.24, 2.45) is 5.92 Å². The summed E-state index contributed by atoms with van der Waals surface area (Å²) in [6, 6.07) is 2.95. The summed E-state index contributed by atoms with van der Waals surface area (Å²) in [7, 11) is 0. The van der Waals surface area contributed by atoms with Gasteiger partial charge in [0.25, 0.3) is 5.91 Å². The van der Waals surface area contributed by atoms with Gasteiger partial charge in [-0.05, 0) is 69.7 Å². The Bertz CT molecular complexity index is 1050. The van der Waals surface area contributed by atoms with Crippen LogP contribution in [0.15, 0.2) is 18.2 Å². The zero-order valence-electron chi connectivity index (χ0n) is 20.0. The van der Waals surface area contributed by atoms with Crippen LogP contribution in [0.4, 0.5) is 9.18 Å². The molecule has 0 bridgehead atoms. The minimum absolute atomic E-state index is 0.338. The molecule has 2 heterocycles. The minimum atomic E-state index is -1.71. The molecule has 0 aromatic heterocycles. The van der Waals surface area contributed by atoms with Gasteiger partial charge in [-0.25, -0.2) is 9.18 Å². The molecule has 9 nitrogen and oxygen atoms in total. The molecule has 1 aromatic rings. The Morgan fingerprint density at radius 1 is 1.29 bits per heavy atom. The number of urea groups is 1. The number of carbonyl (C=O) groups is 4. The molecule has 4 rings (SSSR count). The summed E-state index contributed by atoms with van der Waals surface area (Å²) in [5, 5.41) is 2.14. The standard InChI is InChI=1S/C24H30FN3O6S/c1-23(2,3)35(33)27-24(9-6-14-4-5-15(25)12-17(14)24)13-18(29)19-20(30)26-22(32)28(21(19)31)16-7-10-34-11-8-16/h4-5,12,16,19,27H,6-11,13H2,1-3H3,(H,26,30,32)/t19-,24+,35?/m0/s1. The number of ketones is 1. The number of fused-ring (bicyclic) bond motifs is 1. The lowest BCUT2D eigenvalue weighted by Gasteiger charge is -2.38. The Kier molecular flexibility index (Phi) is 7.07. The predicted molar refractivity (Wildman–Crippen MR) is 125 cm³/mol. The van der Waals surface area contributed by atoms with Crippen molar-refractivity contribution in [2.45, 2.75) is 69.2 Å². The van der Waals surface area contributed by atoms with Crippen LogP contribution in [0.2, 0.25) is 0 Å². The number of hydrogen-bond acceptors (Lipinski definition) is 7. The second-order valence-corrected chi connectivity index (χ2v) is 12.3. The van der Waals surface area contributed by atoms with Crippen LogP contribution in [0, 0.1) is 11.7 Å². The van der Waals surface area contributed by atoms with E-state index in [0.717, 1.165) is 10.5 Å². The van der Waals surface area contributed by atoms with Gasteiger partial charge < -0.3 is 9.29 Å². The van der Waals surface area contributed by atoms with Crippen LogP contribution >= 0.6 is 0 Å². The Balaban J connectivity index is 1.65. The van der Waals surface area contributed by atoms with Crippen molar-refractivity contribution in [2.75, 3.05) is 13.2 Å². The molecule has 2 aliphatic heterocycles. The van der Waals surface area contributed by atoms with E-state index in [2.05, 4.69) is 10.0 Å². The van der Waals surface area contributed by atoms with Crippen molar-refractivity contribution in [1.82, 2.24) is 14.9 Å². The van der Waals surface area contributed by atoms with Crippen LogP contribution < -0.4 is 10.0 Å². The zero-order chi connectivity index (χ0) is 25.5. The van der Waals surface area contributed by atoms with Crippen molar-refractivity contribution < 1.29 is 32.9 Å². The van der Waals surface area contributed by atoms with Crippen LogP contribution in [0.1, 0.15) is 57.6 Å². The fourth-order valence-electron chi connectivity index (χ4n) is 4.91. The fraction of sp³-hybridized carbons (Fsp3) is 0.583. The minimum Gasteiger partial charge on any atom is -0.598 e. The Labute approximate surface area is 206 Å². The molecule has 1 unspecified atom stereocenters. The number of nitrogens with one attached hydrogen (secondary N) is 2. The van der Waals surface area contributed by atoms with E-state index in [9.17, 15) is 28.1 Å². The Morgan fingerprint density at radius 2 is 1.97 bits per heavy atom. The summed E-state index contributed by atoms with van der Waals surface area (Å²) in [5.74, 6) is -4.77. The molecule has 4 amide bonds. The summed E-state index contributed by atoms with van der Waals surface area (Å²) < 4.78 is 35.0. The molecule has 0 radical (unpaired) electrons. The molecule has 1 aliphatic carbocycles. The molecule has 3 atom stereocenters. The molecular formula is C24H30FN3O6S. The quantitative estimate of drug-likeness (QED) is 0.444. The number of hydrogen-bond donors (Lipinski definition) is 2. The molecule has 2 N–H and O–H groups in total. The van der Waals surface area contributed by atoms with Gasteiger partial charge in [0.2, 0.25) is 5.91 Å². The van der Waals surface area contributed by atoms with E-state index in [1.807, 2.05) is 0 Å². The maximum atomic E-state index is 14.2. The number of halogens is 1. The summed E-state index contributed by atoms with van der Waals surface area (Å²) in [6.45, 7) is 6.03. The fourth-order valence-corrected chi connectivity index (χ4v) is 5.86. The smallest absolute Gasteiger partial charge is 0.331 e. The van der Waals surface area contributed by atoms with Crippen molar-refractivity contribution in [3.8, 4) is 0 Å². The number of barbiturate groups is 1. The third-order valence-electron chi connectivity index (χ3n) is 6.80. The van der Waals surface area contributed by atoms with Crippen molar-refractivity contribution in [3.05, 3.63) is 35.1 Å². The first kappa shape index (κ1) is 25.7. The van der Waals surface area contributed by atoms with Gasteiger partial charge >= 0.3 is 6.03 Å². The normalized spacial score (nSPS) is 26.5. The average Bonchev–Trinajstić information content (AvgIpc) is 3.10. The Hall–Kier alpha value is -2.34. The van der Waals surface area contributed by atoms with Crippen LogP contribution in [-0.4, -0.2) is 57.1 Å². The topological polar surface area (TPSA) is 128 Å². The van der Waals surface area contributed by atoms with Gasteiger partial charge in [-0.2, -0.15) is 0 Å². The number of aryl methyl sites for hydroxylation is 1. The highest BCUT2D eigenvalue weighted by Gasteiger charge is 2.52. The third kappa shape index (κ3) is 5.00. The number of imide groups is 2. The number of benzene rings is 1. The van der Waals surface area contributed by atoms with E-state index >= 15 is 0 Å². The molecule has 11 heteroatoms. The number of rotatable bonds is 6. The molecule has 190 valence electrons. The second kappa shape index (κ2) is 9.61. The summed E-state index contributed by atoms with van der Waals surface area (Å²) in [5.41, 5.74) is 0.0681. The lowest BCUT2D eigenvalue weighted by molar-refractivity contribution is -0.150. The van der Waals surface area contributed by atoms with Gasteiger partial charge in [0.05, 0.1) is 5.54 Å². The number of nitrogens with zero attached hydrogens (tertiary/aromatic N) is 1. The number of ether oxygens (including phenoxy) is 1. The molecule has 1 aromatic carbocycles. The largest absolute Gasteiger partial charge is 0.598 e. The highest BCUT2D eigenvalue weighted by atomic mass is 32.2. The van der Waals surface area contributed by atoms with Crippen LogP contribution in [0.3, 0.4) is 0 Å². The lowest BCUT2D eigenvalue weighted by atomic mass is 9.83. The first-order chi connectivity index (χ1) is 16.4.